The topological polar surface area (TPSA) is 84.5 Å². The minimum Gasteiger partial charge on any atom is -0.467 e. The van der Waals surface area contributed by atoms with Crippen molar-refractivity contribution in [3.05, 3.63) is 0 Å². The van der Waals surface area contributed by atoms with E-state index in [-0.39, 0.29) is 5.91 Å². The molecule has 0 aliphatic rings. The highest BCUT2D eigenvalue weighted by Gasteiger charge is 2.18. The molecule has 6 nitrogen and oxygen atoms in total. The van der Waals surface area contributed by atoms with Gasteiger partial charge in [-0.15, -0.1) is 0 Å². The van der Waals surface area contributed by atoms with Crippen molar-refractivity contribution >= 4 is 18.3 Å². The molecule has 0 rings (SSSR count). The lowest BCUT2D eigenvalue weighted by Gasteiger charge is -2.14. The molecule has 0 aromatic heterocycles. The summed E-state index contributed by atoms with van der Waals surface area (Å²) in [6, 6.07) is -0.598. The number of amides is 2. The summed E-state index contributed by atoms with van der Waals surface area (Å²) in [6.07, 6.45) is 2.62. The van der Waals surface area contributed by atoms with Gasteiger partial charge in [-0.3, -0.25) is 9.59 Å². The minimum atomic E-state index is -0.598. The summed E-state index contributed by atoms with van der Waals surface area (Å²) in [5.74, 6) is -0.708. The maximum Gasteiger partial charge on any atom is 0.328 e. The Bertz CT molecular complexity index is 243. The second-order valence-electron chi connectivity index (χ2n) is 3.34. The van der Waals surface area contributed by atoms with Crippen LogP contribution in [-0.2, 0) is 19.1 Å². The van der Waals surface area contributed by atoms with Crippen LogP contribution < -0.4 is 10.6 Å². The van der Waals surface area contributed by atoms with Crippen LogP contribution in [-0.4, -0.2) is 38.0 Å². The van der Waals surface area contributed by atoms with Crippen molar-refractivity contribution in [2.45, 2.75) is 32.2 Å². The molecule has 0 bridgehead atoms. The van der Waals surface area contributed by atoms with Gasteiger partial charge in [0.25, 0.3) is 0 Å². The van der Waals surface area contributed by atoms with Gasteiger partial charge in [0, 0.05) is 13.5 Å². The van der Waals surface area contributed by atoms with E-state index < -0.39 is 12.0 Å². The van der Waals surface area contributed by atoms with E-state index in [1.54, 1.807) is 0 Å². The molecule has 0 unspecified atom stereocenters. The summed E-state index contributed by atoms with van der Waals surface area (Å²) in [6.45, 7) is 1.92. The molecule has 1 atom stereocenters. The second kappa shape index (κ2) is 8.70. The molecule has 0 aliphatic carbocycles. The number of esters is 1. The van der Waals surface area contributed by atoms with E-state index in [1.165, 1.54) is 14.0 Å². The molecule has 0 fully saturated rings. The fourth-order valence-corrected chi connectivity index (χ4v) is 1.27. The molecular formula is C10H18N2O4. The first-order valence-electron chi connectivity index (χ1n) is 5.13. The molecule has 6 heteroatoms. The maximum absolute atomic E-state index is 11.3. The first kappa shape index (κ1) is 14.4. The van der Waals surface area contributed by atoms with Crippen LogP contribution in [0.3, 0.4) is 0 Å². The van der Waals surface area contributed by atoms with Gasteiger partial charge in [-0.25, -0.2) is 4.79 Å². The smallest absolute Gasteiger partial charge is 0.328 e. The summed E-state index contributed by atoms with van der Waals surface area (Å²) >= 11 is 0. The summed E-state index contributed by atoms with van der Waals surface area (Å²) in [7, 11) is 1.28. The average molecular weight is 230 g/mol. The zero-order valence-electron chi connectivity index (χ0n) is 9.62. The number of carbonyl (C=O) groups excluding carboxylic acids is 3. The largest absolute Gasteiger partial charge is 0.467 e. The Hall–Kier alpha value is -1.59. The molecular weight excluding hydrogens is 212 g/mol. The van der Waals surface area contributed by atoms with Crippen molar-refractivity contribution in [1.29, 1.82) is 0 Å². The number of unbranched alkanes of at least 4 members (excludes halogenated alkanes) is 1. The zero-order valence-corrected chi connectivity index (χ0v) is 9.62. The Kier molecular flexibility index (Phi) is 7.83. The summed E-state index contributed by atoms with van der Waals surface area (Å²) in [5.41, 5.74) is 0. The molecule has 0 aliphatic heterocycles. The van der Waals surface area contributed by atoms with E-state index >= 15 is 0 Å². The van der Waals surface area contributed by atoms with Crippen LogP contribution in [0.25, 0.3) is 0 Å². The van der Waals surface area contributed by atoms with Gasteiger partial charge < -0.3 is 15.4 Å². The minimum absolute atomic E-state index is 0.263. The fraction of sp³-hybridized carbons (Fsp3) is 0.700. The molecule has 2 N–H and O–H groups in total. The highest BCUT2D eigenvalue weighted by atomic mass is 16.5. The van der Waals surface area contributed by atoms with Crippen molar-refractivity contribution in [1.82, 2.24) is 10.6 Å². The number of rotatable bonds is 8. The number of hydrogen-bond donors (Lipinski definition) is 2. The summed E-state index contributed by atoms with van der Waals surface area (Å²) in [4.78, 5) is 32.1. The Labute approximate surface area is 94.7 Å². The van der Waals surface area contributed by atoms with Gasteiger partial charge in [-0.2, -0.15) is 0 Å². The Balaban J connectivity index is 3.87. The van der Waals surface area contributed by atoms with Crippen LogP contribution in [0.5, 0.6) is 0 Å². The van der Waals surface area contributed by atoms with E-state index in [0.717, 1.165) is 12.8 Å². The number of methoxy groups -OCH3 is 1. The van der Waals surface area contributed by atoms with E-state index in [0.29, 0.717) is 19.4 Å². The third-order valence-electron chi connectivity index (χ3n) is 2.01. The van der Waals surface area contributed by atoms with Crippen LogP contribution in [0.1, 0.15) is 26.2 Å². The molecule has 0 saturated carbocycles. The Morgan fingerprint density at radius 2 is 2.06 bits per heavy atom. The number of ether oxygens (including phenoxy) is 1. The molecule has 0 aromatic carbocycles. The van der Waals surface area contributed by atoms with Crippen molar-refractivity contribution in [2.24, 2.45) is 0 Å². The third kappa shape index (κ3) is 6.80. The summed E-state index contributed by atoms with van der Waals surface area (Å²) in [5, 5.41) is 5.04. The SMILES string of the molecule is COC(=O)[C@H](CCCCNC=O)NC(C)=O. The molecule has 0 heterocycles. The first-order valence-corrected chi connectivity index (χ1v) is 5.13. The molecule has 92 valence electrons. The molecule has 0 aromatic rings. The van der Waals surface area contributed by atoms with Crippen LogP contribution in [0.15, 0.2) is 0 Å². The summed E-state index contributed by atoms with van der Waals surface area (Å²) < 4.78 is 4.57. The van der Waals surface area contributed by atoms with Gasteiger partial charge in [0.15, 0.2) is 0 Å². The molecule has 0 radical (unpaired) electrons. The predicted molar refractivity (Wildman–Crippen MR) is 57.5 cm³/mol. The lowest BCUT2D eigenvalue weighted by molar-refractivity contribution is -0.145. The van der Waals surface area contributed by atoms with Crippen LogP contribution in [0.4, 0.5) is 0 Å². The van der Waals surface area contributed by atoms with E-state index in [1.807, 2.05) is 0 Å². The van der Waals surface area contributed by atoms with Crippen molar-refractivity contribution in [3.8, 4) is 0 Å². The first-order chi connectivity index (χ1) is 7.61. The number of carbonyl (C=O) groups is 3. The number of nitrogens with one attached hydrogen (secondary N) is 2. The van der Waals surface area contributed by atoms with Crippen LogP contribution in [0.2, 0.25) is 0 Å². The number of hydrogen-bond acceptors (Lipinski definition) is 4. The highest BCUT2D eigenvalue weighted by Crippen LogP contribution is 2.02. The van der Waals surface area contributed by atoms with Crippen molar-refractivity contribution in [2.75, 3.05) is 13.7 Å². The van der Waals surface area contributed by atoms with Crippen LogP contribution >= 0.6 is 0 Å². The fourth-order valence-electron chi connectivity index (χ4n) is 1.27. The molecule has 0 saturated heterocycles. The molecule has 16 heavy (non-hydrogen) atoms. The molecule has 2 amide bonds. The zero-order chi connectivity index (χ0) is 12.4. The van der Waals surface area contributed by atoms with Gasteiger partial charge in [0.1, 0.15) is 6.04 Å². The maximum atomic E-state index is 11.3. The van der Waals surface area contributed by atoms with Gasteiger partial charge in [-0.1, -0.05) is 0 Å². The highest BCUT2D eigenvalue weighted by molar-refractivity contribution is 5.83. The van der Waals surface area contributed by atoms with Crippen molar-refractivity contribution in [3.63, 3.8) is 0 Å². The standard InChI is InChI=1S/C10H18N2O4/c1-8(14)12-9(10(15)16-2)5-3-4-6-11-7-13/h7,9H,3-6H2,1-2H3,(H,11,13)(H,12,14)/t9-/m0/s1. The van der Waals surface area contributed by atoms with Crippen molar-refractivity contribution < 1.29 is 19.1 Å². The van der Waals surface area contributed by atoms with E-state index in [4.69, 9.17) is 0 Å². The molecule has 0 spiro atoms. The third-order valence-corrected chi connectivity index (χ3v) is 2.01. The van der Waals surface area contributed by atoms with E-state index in [2.05, 4.69) is 15.4 Å². The monoisotopic (exact) mass is 230 g/mol. The quantitative estimate of drug-likeness (QED) is 0.337. The van der Waals surface area contributed by atoms with E-state index in [9.17, 15) is 14.4 Å². The normalized spacial score (nSPS) is 11.4. The van der Waals surface area contributed by atoms with Gasteiger partial charge in [0.2, 0.25) is 12.3 Å². The Morgan fingerprint density at radius 3 is 2.56 bits per heavy atom. The Morgan fingerprint density at radius 1 is 1.38 bits per heavy atom. The lowest BCUT2D eigenvalue weighted by Crippen LogP contribution is -2.40. The predicted octanol–water partition coefficient (Wildman–Crippen LogP) is -0.420. The van der Waals surface area contributed by atoms with Gasteiger partial charge >= 0.3 is 5.97 Å². The van der Waals surface area contributed by atoms with Crippen LogP contribution in [0, 0.1) is 0 Å². The lowest BCUT2D eigenvalue weighted by atomic mass is 10.1. The second-order valence-corrected chi connectivity index (χ2v) is 3.34. The average Bonchev–Trinajstić information content (AvgIpc) is 2.25. The van der Waals surface area contributed by atoms with Gasteiger partial charge in [0.05, 0.1) is 7.11 Å². The van der Waals surface area contributed by atoms with Gasteiger partial charge in [-0.05, 0) is 19.3 Å².